The average Bonchev–Trinajstić information content (AvgIpc) is 3.19. The lowest BCUT2D eigenvalue weighted by molar-refractivity contribution is -0.131. The maximum absolute atomic E-state index is 12.5. The van der Waals surface area contributed by atoms with E-state index in [0.29, 0.717) is 12.2 Å². The van der Waals surface area contributed by atoms with Crippen LogP contribution in [-0.2, 0) is 9.59 Å². The first-order valence-corrected chi connectivity index (χ1v) is 10.6. The lowest BCUT2D eigenvalue weighted by atomic mass is 9.49. The van der Waals surface area contributed by atoms with Crippen molar-refractivity contribution in [2.75, 3.05) is 12.0 Å². The van der Waals surface area contributed by atoms with Gasteiger partial charge in [-0.1, -0.05) is 5.16 Å². The van der Waals surface area contributed by atoms with Crippen LogP contribution < -0.4 is 16.2 Å². The summed E-state index contributed by atoms with van der Waals surface area (Å²) >= 11 is 0. The Balaban J connectivity index is 1.07. The molecule has 0 spiro atoms. The van der Waals surface area contributed by atoms with Gasteiger partial charge in [-0.15, -0.1) is 0 Å². The number of hydrogen-bond donors (Lipinski definition) is 3. The van der Waals surface area contributed by atoms with Gasteiger partial charge in [0.1, 0.15) is 0 Å². The Morgan fingerprint density at radius 1 is 1.03 bits per heavy atom. The van der Waals surface area contributed by atoms with E-state index in [2.05, 4.69) is 31.3 Å². The van der Waals surface area contributed by atoms with Gasteiger partial charge in [0.2, 0.25) is 11.7 Å². The molecule has 30 heavy (non-hydrogen) atoms. The minimum Gasteiger partial charge on any atom is -0.347 e. The van der Waals surface area contributed by atoms with Crippen molar-refractivity contribution in [3.63, 3.8) is 0 Å². The molecule has 0 unspecified atom stereocenters. The first kappa shape index (κ1) is 19.0. The van der Waals surface area contributed by atoms with Crippen LogP contribution >= 0.6 is 0 Å². The summed E-state index contributed by atoms with van der Waals surface area (Å²) in [6.07, 6.45) is 11.4. The van der Waals surface area contributed by atoms with Gasteiger partial charge in [0.15, 0.2) is 0 Å². The van der Waals surface area contributed by atoms with Gasteiger partial charge in [0, 0.05) is 24.4 Å². The third-order valence-electron chi connectivity index (χ3n) is 6.82. The van der Waals surface area contributed by atoms with Gasteiger partial charge in [-0.3, -0.25) is 20.0 Å². The highest BCUT2D eigenvalue weighted by Crippen LogP contribution is 2.61. The molecule has 9 nitrogen and oxygen atoms in total. The Morgan fingerprint density at radius 3 is 2.37 bits per heavy atom. The maximum atomic E-state index is 12.5. The first-order chi connectivity index (χ1) is 14.6. The average molecular weight is 410 g/mol. The van der Waals surface area contributed by atoms with Crippen LogP contribution in [0.2, 0.25) is 0 Å². The van der Waals surface area contributed by atoms with Gasteiger partial charge in [-0.05, 0) is 73.8 Å². The number of nitrogens with one attached hydrogen (secondary N) is 3. The molecule has 2 amide bonds. The first-order valence-electron chi connectivity index (χ1n) is 10.6. The molecule has 0 saturated heterocycles. The molecule has 158 valence electrons. The van der Waals surface area contributed by atoms with E-state index in [1.54, 1.807) is 24.5 Å². The number of carbonyl (C=O) groups excluding carboxylic acids is 2. The molecule has 4 saturated carbocycles. The van der Waals surface area contributed by atoms with Gasteiger partial charge in [0.05, 0.1) is 6.54 Å². The number of carbonyl (C=O) groups is 2. The summed E-state index contributed by atoms with van der Waals surface area (Å²) in [6.45, 7) is -0.0937. The van der Waals surface area contributed by atoms with Crippen molar-refractivity contribution in [2.24, 2.45) is 23.2 Å². The zero-order valence-corrected chi connectivity index (χ0v) is 16.8. The molecular formula is C21H26N6O3. The lowest BCUT2D eigenvalue weighted by Crippen LogP contribution is -2.48. The van der Waals surface area contributed by atoms with Gasteiger partial charge >= 0.3 is 6.01 Å². The third-order valence-corrected chi connectivity index (χ3v) is 6.82. The quantitative estimate of drug-likeness (QED) is 0.599. The van der Waals surface area contributed by atoms with Crippen molar-refractivity contribution in [3.05, 3.63) is 24.5 Å². The molecule has 0 atom stereocenters. The van der Waals surface area contributed by atoms with E-state index < -0.39 is 0 Å². The molecule has 0 radical (unpaired) electrons. The van der Waals surface area contributed by atoms with Crippen molar-refractivity contribution in [1.29, 1.82) is 0 Å². The molecule has 9 heteroatoms. The molecule has 0 aliphatic heterocycles. The molecule has 2 aromatic rings. The molecule has 6 rings (SSSR count). The van der Waals surface area contributed by atoms with Gasteiger partial charge in [0.25, 0.3) is 5.91 Å². The summed E-state index contributed by atoms with van der Waals surface area (Å²) in [4.78, 5) is 32.7. The van der Waals surface area contributed by atoms with E-state index in [1.165, 1.54) is 38.5 Å². The standard InChI is InChI=1S/C21H26N6O3/c28-17(11-21-8-13-5-14(9-21)7-15(6-13)10-21)23-12-18(29)25-26-20-24-19(27-30-20)16-1-3-22-4-2-16/h1-4,13-15H,5-12H2,(H,23,28)(H,25,29)(H,24,26,27). The van der Waals surface area contributed by atoms with Crippen molar-refractivity contribution in [2.45, 2.75) is 44.9 Å². The van der Waals surface area contributed by atoms with Crippen molar-refractivity contribution in [3.8, 4) is 11.4 Å². The molecule has 0 aromatic carbocycles. The van der Waals surface area contributed by atoms with Crippen LogP contribution in [0.15, 0.2) is 29.0 Å². The summed E-state index contributed by atoms with van der Waals surface area (Å²) < 4.78 is 5.06. The fraction of sp³-hybridized carbons (Fsp3) is 0.571. The van der Waals surface area contributed by atoms with Crippen LogP contribution in [-0.4, -0.2) is 33.5 Å². The Labute approximate surface area is 174 Å². The zero-order chi connectivity index (χ0) is 20.6. The topological polar surface area (TPSA) is 122 Å². The van der Waals surface area contributed by atoms with Gasteiger partial charge in [-0.2, -0.15) is 4.98 Å². The second-order valence-corrected chi connectivity index (χ2v) is 9.20. The highest BCUT2D eigenvalue weighted by molar-refractivity contribution is 5.85. The van der Waals surface area contributed by atoms with Crippen molar-refractivity contribution < 1.29 is 14.1 Å². The Kier molecular flexibility index (Phi) is 4.88. The molecule has 2 heterocycles. The smallest absolute Gasteiger partial charge is 0.340 e. The van der Waals surface area contributed by atoms with Crippen LogP contribution in [0.4, 0.5) is 6.01 Å². The second kappa shape index (κ2) is 7.70. The van der Waals surface area contributed by atoms with E-state index in [4.69, 9.17) is 4.52 Å². The van der Waals surface area contributed by atoms with Gasteiger partial charge in [-0.25, -0.2) is 5.43 Å². The van der Waals surface area contributed by atoms with Crippen molar-refractivity contribution in [1.82, 2.24) is 25.9 Å². The Morgan fingerprint density at radius 2 is 1.70 bits per heavy atom. The number of nitrogens with zero attached hydrogens (tertiary/aromatic N) is 3. The SMILES string of the molecule is O=C(CC12CC3CC(CC(C3)C1)C2)NCC(=O)NNc1nc(-c2ccncc2)no1. The molecule has 3 N–H and O–H groups in total. The molecule has 2 aromatic heterocycles. The monoisotopic (exact) mass is 410 g/mol. The fourth-order valence-electron chi connectivity index (χ4n) is 6.15. The lowest BCUT2D eigenvalue weighted by Gasteiger charge is -2.56. The van der Waals surface area contributed by atoms with Crippen molar-refractivity contribution >= 4 is 17.8 Å². The predicted molar refractivity (Wildman–Crippen MR) is 108 cm³/mol. The summed E-state index contributed by atoms with van der Waals surface area (Å²) in [6, 6.07) is 3.58. The van der Waals surface area contributed by atoms with E-state index in [0.717, 1.165) is 23.3 Å². The second-order valence-electron chi connectivity index (χ2n) is 9.20. The highest BCUT2D eigenvalue weighted by Gasteiger charge is 2.51. The minimum atomic E-state index is -0.377. The van der Waals surface area contributed by atoms with E-state index >= 15 is 0 Å². The van der Waals surface area contributed by atoms with E-state index in [-0.39, 0.29) is 29.8 Å². The van der Waals surface area contributed by atoms with Crippen LogP contribution in [0.5, 0.6) is 0 Å². The summed E-state index contributed by atoms with van der Waals surface area (Å²) in [7, 11) is 0. The molecular weight excluding hydrogens is 384 g/mol. The third kappa shape index (κ3) is 4.01. The Bertz CT molecular complexity index is 893. The number of aromatic nitrogens is 3. The Hall–Kier alpha value is -2.97. The normalized spacial score (nSPS) is 28.9. The summed E-state index contributed by atoms with van der Waals surface area (Å²) in [5.41, 5.74) is 5.97. The van der Waals surface area contributed by atoms with Crippen LogP contribution in [0.3, 0.4) is 0 Å². The van der Waals surface area contributed by atoms with Crippen LogP contribution in [0, 0.1) is 23.2 Å². The number of pyridine rings is 1. The molecule has 4 bridgehead atoms. The van der Waals surface area contributed by atoms with Gasteiger partial charge < -0.3 is 9.84 Å². The van der Waals surface area contributed by atoms with Crippen LogP contribution in [0.25, 0.3) is 11.4 Å². The number of rotatable bonds is 7. The number of hydrazine groups is 1. The minimum absolute atomic E-state index is 0.0372. The zero-order valence-electron chi connectivity index (χ0n) is 16.8. The number of hydrogen-bond acceptors (Lipinski definition) is 7. The van der Waals surface area contributed by atoms with E-state index in [9.17, 15) is 9.59 Å². The summed E-state index contributed by atoms with van der Waals surface area (Å²) in [5.74, 6) is 2.40. The van der Waals surface area contributed by atoms with E-state index in [1.807, 2.05) is 0 Å². The number of amides is 2. The molecule has 4 fully saturated rings. The fourth-order valence-corrected chi connectivity index (χ4v) is 6.15. The number of anilines is 1. The maximum Gasteiger partial charge on any atom is 0.340 e. The van der Waals surface area contributed by atoms with Crippen LogP contribution in [0.1, 0.15) is 44.9 Å². The summed E-state index contributed by atoms with van der Waals surface area (Å²) in [5, 5.41) is 6.60. The molecule has 4 aliphatic carbocycles. The predicted octanol–water partition coefficient (Wildman–Crippen LogP) is 2.30. The largest absolute Gasteiger partial charge is 0.347 e. The highest BCUT2D eigenvalue weighted by atomic mass is 16.5. The molecule has 4 aliphatic rings.